The number of halogens is 1. The lowest BCUT2D eigenvalue weighted by Gasteiger charge is -2.07. The molecule has 0 spiro atoms. The Balaban J connectivity index is 1.85. The summed E-state index contributed by atoms with van der Waals surface area (Å²) in [6.07, 6.45) is 0. The molecule has 0 fully saturated rings. The number of pyridine rings is 1. The van der Waals surface area contributed by atoms with Crippen LogP contribution in [0.4, 0.5) is 0 Å². The van der Waals surface area contributed by atoms with E-state index in [0.29, 0.717) is 33.8 Å². The fourth-order valence-corrected chi connectivity index (χ4v) is 1.91. The zero-order valence-corrected chi connectivity index (χ0v) is 10.7. The number of fused-ring (bicyclic) bond motifs is 1. The van der Waals surface area contributed by atoms with Gasteiger partial charge in [0, 0.05) is 18.7 Å². The molecule has 2 heterocycles. The third kappa shape index (κ3) is 2.43. The fraction of sp³-hybridized carbons (Fsp3) is 0.154. The number of hydrogen-bond acceptors (Lipinski definition) is 5. The van der Waals surface area contributed by atoms with Crippen LogP contribution in [0.2, 0.25) is 5.02 Å². The van der Waals surface area contributed by atoms with Gasteiger partial charge in [-0.05, 0) is 18.2 Å². The standard InChI is InChI=1S/C13H11ClN2O3/c14-9-2-4-13(16-10(9)6-15)19-8-1-3-11-12(5-8)18-7-17-11/h1-5H,6-7,15H2. The highest BCUT2D eigenvalue weighted by atomic mass is 35.5. The maximum absolute atomic E-state index is 5.94. The van der Waals surface area contributed by atoms with Gasteiger partial charge in [-0.25, -0.2) is 4.98 Å². The first kappa shape index (κ1) is 12.1. The summed E-state index contributed by atoms with van der Waals surface area (Å²) in [7, 11) is 0. The summed E-state index contributed by atoms with van der Waals surface area (Å²) >= 11 is 5.94. The molecule has 98 valence electrons. The molecule has 2 N–H and O–H groups in total. The van der Waals surface area contributed by atoms with Crippen LogP contribution in [-0.2, 0) is 6.54 Å². The first-order valence-corrected chi connectivity index (χ1v) is 6.07. The molecule has 1 aromatic carbocycles. The molecule has 19 heavy (non-hydrogen) atoms. The van der Waals surface area contributed by atoms with Gasteiger partial charge in [0.25, 0.3) is 0 Å². The zero-order valence-electron chi connectivity index (χ0n) is 9.93. The highest BCUT2D eigenvalue weighted by Crippen LogP contribution is 2.36. The Hall–Kier alpha value is -1.98. The van der Waals surface area contributed by atoms with Crippen molar-refractivity contribution >= 4 is 11.6 Å². The molecule has 5 nitrogen and oxygen atoms in total. The molecule has 0 saturated heterocycles. The van der Waals surface area contributed by atoms with E-state index >= 15 is 0 Å². The maximum Gasteiger partial charge on any atom is 0.231 e. The van der Waals surface area contributed by atoms with Crippen molar-refractivity contribution in [3.63, 3.8) is 0 Å². The van der Waals surface area contributed by atoms with E-state index in [0.717, 1.165) is 0 Å². The van der Waals surface area contributed by atoms with Gasteiger partial charge in [-0.15, -0.1) is 0 Å². The second-order valence-electron chi connectivity index (χ2n) is 3.90. The summed E-state index contributed by atoms with van der Waals surface area (Å²) in [6, 6.07) is 8.72. The van der Waals surface area contributed by atoms with Crippen molar-refractivity contribution < 1.29 is 14.2 Å². The second kappa shape index (κ2) is 4.95. The van der Waals surface area contributed by atoms with E-state index < -0.39 is 0 Å². The quantitative estimate of drug-likeness (QED) is 0.935. The molecule has 1 aromatic heterocycles. The number of nitrogens with two attached hydrogens (primary N) is 1. The highest BCUT2D eigenvalue weighted by Gasteiger charge is 2.14. The van der Waals surface area contributed by atoms with Crippen molar-refractivity contribution in [2.75, 3.05) is 6.79 Å². The van der Waals surface area contributed by atoms with E-state index in [2.05, 4.69) is 4.98 Å². The van der Waals surface area contributed by atoms with E-state index in [1.54, 1.807) is 30.3 Å². The van der Waals surface area contributed by atoms with Crippen LogP contribution >= 0.6 is 11.6 Å². The molecular weight excluding hydrogens is 268 g/mol. The van der Waals surface area contributed by atoms with Crippen molar-refractivity contribution in [2.24, 2.45) is 5.73 Å². The van der Waals surface area contributed by atoms with Crippen molar-refractivity contribution in [1.29, 1.82) is 0 Å². The molecule has 0 saturated carbocycles. The number of ether oxygens (including phenoxy) is 3. The number of rotatable bonds is 3. The van der Waals surface area contributed by atoms with Crippen LogP contribution in [0.1, 0.15) is 5.69 Å². The SMILES string of the molecule is NCc1nc(Oc2ccc3c(c2)OCO3)ccc1Cl. The van der Waals surface area contributed by atoms with Crippen molar-refractivity contribution in [2.45, 2.75) is 6.54 Å². The predicted molar refractivity (Wildman–Crippen MR) is 69.8 cm³/mol. The topological polar surface area (TPSA) is 66.6 Å². The van der Waals surface area contributed by atoms with Gasteiger partial charge in [-0.2, -0.15) is 0 Å². The number of aromatic nitrogens is 1. The van der Waals surface area contributed by atoms with Crippen LogP contribution in [0.3, 0.4) is 0 Å². The lowest BCUT2D eigenvalue weighted by molar-refractivity contribution is 0.174. The molecule has 0 bridgehead atoms. The first-order valence-electron chi connectivity index (χ1n) is 5.69. The molecule has 0 atom stereocenters. The summed E-state index contributed by atoms with van der Waals surface area (Å²) in [5, 5.41) is 0.528. The second-order valence-corrected chi connectivity index (χ2v) is 4.31. The molecule has 0 radical (unpaired) electrons. The van der Waals surface area contributed by atoms with Gasteiger partial charge in [0.05, 0.1) is 10.7 Å². The minimum Gasteiger partial charge on any atom is -0.454 e. The van der Waals surface area contributed by atoms with E-state index in [1.807, 2.05) is 0 Å². The molecule has 0 aliphatic carbocycles. The fourth-order valence-electron chi connectivity index (χ4n) is 1.73. The van der Waals surface area contributed by atoms with Crippen LogP contribution in [0.15, 0.2) is 30.3 Å². The lowest BCUT2D eigenvalue weighted by atomic mass is 10.3. The Morgan fingerprint density at radius 2 is 2.05 bits per heavy atom. The molecule has 1 aliphatic heterocycles. The van der Waals surface area contributed by atoms with Gasteiger partial charge in [0.1, 0.15) is 5.75 Å². The minimum atomic E-state index is 0.231. The maximum atomic E-state index is 5.94. The van der Waals surface area contributed by atoms with Gasteiger partial charge >= 0.3 is 0 Å². The van der Waals surface area contributed by atoms with Crippen molar-refractivity contribution in [3.05, 3.63) is 41.0 Å². The summed E-state index contributed by atoms with van der Waals surface area (Å²) in [6.45, 7) is 0.493. The van der Waals surface area contributed by atoms with Crippen molar-refractivity contribution in [1.82, 2.24) is 4.98 Å². The van der Waals surface area contributed by atoms with Gasteiger partial charge in [-0.1, -0.05) is 11.6 Å². The van der Waals surface area contributed by atoms with Gasteiger partial charge < -0.3 is 19.9 Å². The Bertz CT molecular complexity index is 610. The van der Waals surface area contributed by atoms with Crippen LogP contribution in [0.25, 0.3) is 0 Å². The third-order valence-electron chi connectivity index (χ3n) is 2.65. The number of benzene rings is 1. The van der Waals surface area contributed by atoms with E-state index in [-0.39, 0.29) is 13.3 Å². The number of hydrogen-bond donors (Lipinski definition) is 1. The first-order chi connectivity index (χ1) is 9.26. The minimum absolute atomic E-state index is 0.231. The van der Waals surface area contributed by atoms with E-state index in [9.17, 15) is 0 Å². The summed E-state index contributed by atoms with van der Waals surface area (Å²) in [5.41, 5.74) is 6.14. The van der Waals surface area contributed by atoms with Crippen LogP contribution < -0.4 is 19.9 Å². The lowest BCUT2D eigenvalue weighted by Crippen LogP contribution is -2.01. The van der Waals surface area contributed by atoms with E-state index in [4.69, 9.17) is 31.5 Å². The number of nitrogens with zero attached hydrogens (tertiary/aromatic N) is 1. The Kier molecular flexibility index (Phi) is 3.15. The predicted octanol–water partition coefficient (Wildman–Crippen LogP) is 2.71. The third-order valence-corrected chi connectivity index (χ3v) is 3.00. The highest BCUT2D eigenvalue weighted by molar-refractivity contribution is 6.31. The van der Waals surface area contributed by atoms with Gasteiger partial charge in [0.2, 0.25) is 12.7 Å². The average molecular weight is 279 g/mol. The molecule has 6 heteroatoms. The van der Waals surface area contributed by atoms with Crippen LogP contribution in [0.5, 0.6) is 23.1 Å². The average Bonchev–Trinajstić information content (AvgIpc) is 2.88. The summed E-state index contributed by atoms with van der Waals surface area (Å²) in [4.78, 5) is 4.23. The molecular formula is C13H11ClN2O3. The smallest absolute Gasteiger partial charge is 0.231 e. The Morgan fingerprint density at radius 3 is 2.89 bits per heavy atom. The molecule has 0 unspecified atom stereocenters. The van der Waals surface area contributed by atoms with Gasteiger partial charge in [0.15, 0.2) is 11.5 Å². The molecule has 2 aromatic rings. The Labute approximate surface area is 114 Å². The summed E-state index contributed by atoms with van der Waals surface area (Å²) < 4.78 is 16.1. The van der Waals surface area contributed by atoms with Crippen LogP contribution in [-0.4, -0.2) is 11.8 Å². The molecule has 0 amide bonds. The Morgan fingerprint density at radius 1 is 1.21 bits per heavy atom. The monoisotopic (exact) mass is 278 g/mol. The van der Waals surface area contributed by atoms with Crippen LogP contribution in [0, 0.1) is 0 Å². The molecule has 3 rings (SSSR count). The van der Waals surface area contributed by atoms with E-state index in [1.165, 1.54) is 0 Å². The molecule has 1 aliphatic rings. The van der Waals surface area contributed by atoms with Crippen molar-refractivity contribution in [3.8, 4) is 23.1 Å². The van der Waals surface area contributed by atoms with Gasteiger partial charge in [-0.3, -0.25) is 0 Å². The largest absolute Gasteiger partial charge is 0.454 e. The summed E-state index contributed by atoms with van der Waals surface area (Å²) in [5.74, 6) is 2.41. The normalized spacial score (nSPS) is 12.5. The zero-order chi connectivity index (χ0) is 13.2.